The average Bonchev–Trinajstić information content (AvgIpc) is 3.39. The third kappa shape index (κ3) is 3.85. The third-order valence-electron chi connectivity index (χ3n) is 5.07. The maximum Gasteiger partial charge on any atom is 0.416 e. The highest BCUT2D eigenvalue weighted by Gasteiger charge is 2.35. The number of amides is 1. The van der Waals surface area contributed by atoms with Crippen molar-refractivity contribution in [3.8, 4) is 5.69 Å². The quantitative estimate of drug-likeness (QED) is 0.859. The molecule has 0 unspecified atom stereocenters. The molecular weight excluding hydrogens is 357 g/mol. The van der Waals surface area contributed by atoms with Crippen LogP contribution in [0.25, 0.3) is 5.69 Å². The molecule has 0 radical (unpaired) electrons. The largest absolute Gasteiger partial charge is 0.416 e. The van der Waals surface area contributed by atoms with Crippen molar-refractivity contribution in [3.05, 3.63) is 47.3 Å². The lowest BCUT2D eigenvalue weighted by Gasteiger charge is -2.23. The van der Waals surface area contributed by atoms with Gasteiger partial charge in [0.1, 0.15) is 0 Å². The van der Waals surface area contributed by atoms with Gasteiger partial charge in [-0.15, -0.1) is 0 Å². The number of nitrogens with zero attached hydrogens (tertiary/aromatic N) is 2. The minimum atomic E-state index is -4.42. The van der Waals surface area contributed by atoms with Crippen molar-refractivity contribution in [3.63, 3.8) is 0 Å². The molecule has 2 fully saturated rings. The van der Waals surface area contributed by atoms with Crippen molar-refractivity contribution >= 4 is 5.91 Å². The lowest BCUT2D eigenvalue weighted by molar-refractivity contribution is -0.137. The highest BCUT2D eigenvalue weighted by molar-refractivity contribution is 5.95. The van der Waals surface area contributed by atoms with E-state index in [0.29, 0.717) is 16.9 Å². The number of hydrogen-bond donors (Lipinski definition) is 2. The maximum atomic E-state index is 13.0. The summed E-state index contributed by atoms with van der Waals surface area (Å²) in [7, 11) is 0. The first-order valence-corrected chi connectivity index (χ1v) is 9.20. The molecule has 1 saturated carbocycles. The van der Waals surface area contributed by atoms with Crippen LogP contribution in [0.4, 0.5) is 13.2 Å². The van der Waals surface area contributed by atoms with Gasteiger partial charge in [-0.25, -0.2) is 4.68 Å². The van der Waals surface area contributed by atoms with E-state index in [4.69, 9.17) is 0 Å². The summed E-state index contributed by atoms with van der Waals surface area (Å²) in [5.74, 6) is -0.0453. The molecule has 2 heterocycles. The molecule has 144 valence electrons. The maximum absolute atomic E-state index is 13.0. The Balaban J connectivity index is 1.64. The molecule has 0 spiro atoms. The number of nitrogens with one attached hydrogen (secondary N) is 2. The second kappa shape index (κ2) is 6.99. The molecule has 1 amide bonds. The molecule has 2 aromatic rings. The van der Waals surface area contributed by atoms with Crippen LogP contribution in [0.2, 0.25) is 0 Å². The lowest BCUT2D eigenvalue weighted by atomic mass is 10.1. The Kier molecular flexibility index (Phi) is 4.67. The van der Waals surface area contributed by atoms with Gasteiger partial charge >= 0.3 is 6.18 Å². The first-order valence-electron chi connectivity index (χ1n) is 9.20. The van der Waals surface area contributed by atoms with E-state index in [0.717, 1.165) is 50.9 Å². The first kappa shape index (κ1) is 18.0. The van der Waals surface area contributed by atoms with Gasteiger partial charge in [0.2, 0.25) is 0 Å². The van der Waals surface area contributed by atoms with Gasteiger partial charge < -0.3 is 10.6 Å². The second-order valence-electron chi connectivity index (χ2n) is 7.19. The van der Waals surface area contributed by atoms with Crippen LogP contribution in [0, 0.1) is 0 Å². The summed E-state index contributed by atoms with van der Waals surface area (Å²) in [6, 6.07) is 5.12. The lowest BCUT2D eigenvalue weighted by Crippen LogP contribution is -2.45. The van der Waals surface area contributed by atoms with Crippen LogP contribution >= 0.6 is 0 Å². The zero-order valence-corrected chi connectivity index (χ0v) is 14.7. The molecule has 1 atom stereocenters. The van der Waals surface area contributed by atoms with Gasteiger partial charge in [0.25, 0.3) is 5.91 Å². The van der Waals surface area contributed by atoms with Crippen LogP contribution in [0.15, 0.2) is 30.5 Å². The van der Waals surface area contributed by atoms with Crippen molar-refractivity contribution in [1.29, 1.82) is 0 Å². The SMILES string of the molecule is O=C(N[C@H]1CCCNC1)c1cnn(-c2cccc(C(F)(F)F)c2)c1C1CC1. The molecule has 27 heavy (non-hydrogen) atoms. The van der Waals surface area contributed by atoms with E-state index in [1.165, 1.54) is 16.9 Å². The second-order valence-corrected chi connectivity index (χ2v) is 7.19. The minimum absolute atomic E-state index is 0.0650. The number of benzene rings is 1. The van der Waals surface area contributed by atoms with Gasteiger partial charge in [-0.3, -0.25) is 4.79 Å². The Morgan fingerprint density at radius 3 is 2.74 bits per heavy atom. The number of carbonyl (C=O) groups is 1. The fourth-order valence-electron chi connectivity index (χ4n) is 3.54. The van der Waals surface area contributed by atoms with Crippen LogP contribution in [0.3, 0.4) is 0 Å². The summed E-state index contributed by atoms with van der Waals surface area (Å²) in [5, 5.41) is 10.5. The van der Waals surface area contributed by atoms with E-state index in [1.807, 2.05) is 0 Å². The van der Waals surface area contributed by atoms with E-state index < -0.39 is 11.7 Å². The van der Waals surface area contributed by atoms with Crippen molar-refractivity contribution in [2.24, 2.45) is 0 Å². The number of piperidine rings is 1. The number of hydrogen-bond acceptors (Lipinski definition) is 3. The number of carbonyl (C=O) groups excluding carboxylic acids is 1. The van der Waals surface area contributed by atoms with Gasteiger partial charge in [-0.05, 0) is 50.4 Å². The summed E-state index contributed by atoms with van der Waals surface area (Å²) in [6.45, 7) is 1.68. The van der Waals surface area contributed by atoms with Gasteiger partial charge in [0.05, 0.1) is 28.7 Å². The van der Waals surface area contributed by atoms with Crippen LogP contribution < -0.4 is 10.6 Å². The Morgan fingerprint density at radius 2 is 2.07 bits per heavy atom. The van der Waals surface area contributed by atoms with E-state index in [2.05, 4.69) is 15.7 Å². The highest BCUT2D eigenvalue weighted by Crippen LogP contribution is 2.42. The van der Waals surface area contributed by atoms with E-state index in [9.17, 15) is 18.0 Å². The van der Waals surface area contributed by atoms with E-state index in [-0.39, 0.29) is 17.9 Å². The van der Waals surface area contributed by atoms with Crippen molar-refractivity contribution < 1.29 is 18.0 Å². The number of halogens is 3. The monoisotopic (exact) mass is 378 g/mol. The molecule has 1 saturated heterocycles. The molecule has 0 bridgehead atoms. The topological polar surface area (TPSA) is 59.0 Å². The van der Waals surface area contributed by atoms with Gasteiger partial charge in [-0.2, -0.15) is 18.3 Å². The molecule has 1 aromatic heterocycles. The van der Waals surface area contributed by atoms with E-state index >= 15 is 0 Å². The highest BCUT2D eigenvalue weighted by atomic mass is 19.4. The normalized spacial score (nSPS) is 20.5. The summed E-state index contributed by atoms with van der Waals surface area (Å²) in [6.07, 6.45) is 0.797. The molecule has 5 nitrogen and oxygen atoms in total. The van der Waals surface area contributed by atoms with Crippen LogP contribution in [-0.2, 0) is 6.18 Å². The molecule has 8 heteroatoms. The summed E-state index contributed by atoms with van der Waals surface area (Å²) < 4.78 is 40.6. The molecule has 1 aromatic carbocycles. The molecule has 4 rings (SSSR count). The van der Waals surface area contributed by atoms with Crippen molar-refractivity contribution in [2.75, 3.05) is 13.1 Å². The zero-order valence-electron chi connectivity index (χ0n) is 14.7. The number of alkyl halides is 3. The van der Waals surface area contributed by atoms with Crippen LogP contribution in [0.5, 0.6) is 0 Å². The smallest absolute Gasteiger partial charge is 0.348 e. The van der Waals surface area contributed by atoms with Gasteiger partial charge in [-0.1, -0.05) is 6.07 Å². The summed E-state index contributed by atoms with van der Waals surface area (Å²) in [4.78, 5) is 12.8. The number of rotatable bonds is 4. The zero-order chi connectivity index (χ0) is 19.0. The van der Waals surface area contributed by atoms with Gasteiger partial charge in [0, 0.05) is 18.5 Å². The van der Waals surface area contributed by atoms with Crippen molar-refractivity contribution in [2.45, 2.75) is 43.8 Å². The molecule has 1 aliphatic heterocycles. The number of aromatic nitrogens is 2. The molecular formula is C19H21F3N4O. The summed E-state index contributed by atoms with van der Waals surface area (Å²) in [5.41, 5.74) is 0.762. The molecule has 2 aliphatic rings. The predicted octanol–water partition coefficient (Wildman–Crippen LogP) is 3.25. The first-order chi connectivity index (χ1) is 12.9. The molecule has 2 N–H and O–H groups in total. The third-order valence-corrected chi connectivity index (χ3v) is 5.07. The summed E-state index contributed by atoms with van der Waals surface area (Å²) >= 11 is 0. The van der Waals surface area contributed by atoms with Gasteiger partial charge in [0.15, 0.2) is 0 Å². The Morgan fingerprint density at radius 1 is 1.26 bits per heavy atom. The standard InChI is InChI=1S/C19H21F3N4O/c20-19(21,22)13-3-1-5-15(9-13)26-17(12-6-7-12)16(11-24-26)18(27)25-14-4-2-8-23-10-14/h1,3,5,9,11-12,14,23H,2,4,6-8,10H2,(H,25,27)/t14-/m0/s1. The Hall–Kier alpha value is -2.35. The van der Waals surface area contributed by atoms with Crippen molar-refractivity contribution in [1.82, 2.24) is 20.4 Å². The van der Waals surface area contributed by atoms with E-state index in [1.54, 1.807) is 6.07 Å². The average molecular weight is 378 g/mol. The molecule has 1 aliphatic carbocycles. The van der Waals surface area contributed by atoms with Crippen LogP contribution in [0.1, 0.15) is 53.2 Å². The Labute approximate surface area is 154 Å². The Bertz CT molecular complexity index is 836. The minimum Gasteiger partial charge on any atom is -0.348 e. The van der Waals surface area contributed by atoms with Crippen LogP contribution in [-0.4, -0.2) is 34.8 Å². The predicted molar refractivity (Wildman–Crippen MR) is 93.9 cm³/mol. The fourth-order valence-corrected chi connectivity index (χ4v) is 3.54. The fraction of sp³-hybridized carbons (Fsp3) is 0.474.